The molecule has 0 spiro atoms. The Morgan fingerprint density at radius 2 is 1.59 bits per heavy atom. The highest BCUT2D eigenvalue weighted by Gasteiger charge is 2.23. The van der Waals surface area contributed by atoms with Gasteiger partial charge < -0.3 is 5.32 Å². The van der Waals surface area contributed by atoms with Gasteiger partial charge in [0.15, 0.2) is 0 Å². The molecule has 0 fully saturated rings. The summed E-state index contributed by atoms with van der Waals surface area (Å²) < 4.78 is 26.5. The first-order valence-electron chi connectivity index (χ1n) is 9.08. The van der Waals surface area contributed by atoms with Crippen LogP contribution in [0.1, 0.15) is 35.6 Å². The van der Waals surface area contributed by atoms with E-state index < -0.39 is 10.0 Å². The zero-order valence-corrected chi connectivity index (χ0v) is 17.5. The van der Waals surface area contributed by atoms with Gasteiger partial charge in [-0.15, -0.1) is 0 Å². The van der Waals surface area contributed by atoms with Crippen LogP contribution < -0.4 is 5.32 Å². The van der Waals surface area contributed by atoms with Crippen LogP contribution in [0, 0.1) is 20.8 Å². The molecular formula is C21H28N2O3S. The molecule has 0 aliphatic carbocycles. The molecule has 0 aliphatic heterocycles. The van der Waals surface area contributed by atoms with Crippen molar-refractivity contribution in [1.82, 2.24) is 4.31 Å². The SMILES string of the molecule is CCCc1ccc(S(=O)(=O)N(C)CC(=O)Nc2c(C)cc(C)cc2C)cc1. The number of nitrogens with one attached hydrogen (secondary N) is 1. The van der Waals surface area contributed by atoms with Gasteiger partial charge in [-0.1, -0.05) is 43.2 Å². The average molecular weight is 389 g/mol. The monoisotopic (exact) mass is 388 g/mol. The Morgan fingerprint density at radius 1 is 1.04 bits per heavy atom. The lowest BCUT2D eigenvalue weighted by Crippen LogP contribution is -2.35. The summed E-state index contributed by atoms with van der Waals surface area (Å²) in [6, 6.07) is 10.8. The van der Waals surface area contributed by atoms with E-state index in [9.17, 15) is 13.2 Å². The molecule has 27 heavy (non-hydrogen) atoms. The molecule has 2 rings (SSSR count). The van der Waals surface area contributed by atoms with E-state index in [0.717, 1.165) is 45.1 Å². The van der Waals surface area contributed by atoms with Crippen molar-refractivity contribution in [3.8, 4) is 0 Å². The van der Waals surface area contributed by atoms with E-state index in [1.165, 1.54) is 7.05 Å². The molecule has 2 aromatic rings. The highest BCUT2D eigenvalue weighted by molar-refractivity contribution is 7.89. The Kier molecular flexibility index (Phi) is 6.78. The fourth-order valence-corrected chi connectivity index (χ4v) is 4.27. The lowest BCUT2D eigenvalue weighted by molar-refractivity contribution is -0.116. The Hall–Kier alpha value is -2.18. The zero-order chi connectivity index (χ0) is 20.2. The smallest absolute Gasteiger partial charge is 0.243 e. The van der Waals surface area contributed by atoms with Gasteiger partial charge in [0, 0.05) is 12.7 Å². The fourth-order valence-electron chi connectivity index (χ4n) is 3.14. The lowest BCUT2D eigenvalue weighted by atomic mass is 10.1. The van der Waals surface area contributed by atoms with Crippen molar-refractivity contribution in [3.05, 3.63) is 58.7 Å². The van der Waals surface area contributed by atoms with Crippen LogP contribution in [0.25, 0.3) is 0 Å². The summed E-state index contributed by atoms with van der Waals surface area (Å²) in [5.74, 6) is -0.362. The first-order valence-corrected chi connectivity index (χ1v) is 10.5. The topological polar surface area (TPSA) is 66.5 Å². The molecule has 0 aliphatic rings. The van der Waals surface area contributed by atoms with Crippen LogP contribution in [0.2, 0.25) is 0 Å². The van der Waals surface area contributed by atoms with Gasteiger partial charge in [-0.05, 0) is 56.0 Å². The van der Waals surface area contributed by atoms with E-state index in [1.807, 2.05) is 45.0 Å². The molecule has 146 valence electrons. The Bertz CT molecular complexity index is 896. The standard InChI is InChI=1S/C21H28N2O3S/c1-6-7-18-8-10-19(11-9-18)27(25,26)23(5)14-20(24)22-21-16(3)12-15(2)13-17(21)4/h8-13H,6-7,14H2,1-5H3,(H,22,24). The number of carbonyl (C=O) groups excluding carboxylic acids is 1. The number of anilines is 1. The van der Waals surface area contributed by atoms with Gasteiger partial charge in [0.05, 0.1) is 11.4 Å². The number of likely N-dealkylation sites (N-methyl/N-ethyl adjacent to an activating group) is 1. The van der Waals surface area contributed by atoms with Crippen molar-refractivity contribution in [2.24, 2.45) is 0 Å². The predicted molar refractivity (Wildman–Crippen MR) is 110 cm³/mol. The quantitative estimate of drug-likeness (QED) is 0.784. The number of benzene rings is 2. The molecule has 0 atom stereocenters. The predicted octanol–water partition coefficient (Wildman–Crippen LogP) is 3.82. The minimum atomic E-state index is -3.71. The van der Waals surface area contributed by atoms with E-state index in [1.54, 1.807) is 12.1 Å². The van der Waals surface area contributed by atoms with Gasteiger partial charge in [0.2, 0.25) is 15.9 Å². The van der Waals surface area contributed by atoms with Crippen molar-refractivity contribution in [3.63, 3.8) is 0 Å². The first kappa shape index (κ1) is 21.1. The van der Waals surface area contributed by atoms with Gasteiger partial charge in [0.1, 0.15) is 0 Å². The highest BCUT2D eigenvalue weighted by Crippen LogP contribution is 2.22. The van der Waals surface area contributed by atoms with Crippen LogP contribution in [0.5, 0.6) is 0 Å². The van der Waals surface area contributed by atoms with Crippen molar-refractivity contribution >= 4 is 21.6 Å². The van der Waals surface area contributed by atoms with Crippen LogP contribution in [-0.4, -0.2) is 32.2 Å². The third kappa shape index (κ3) is 5.17. The molecule has 0 bridgehead atoms. The largest absolute Gasteiger partial charge is 0.324 e. The summed E-state index contributed by atoms with van der Waals surface area (Å²) in [5, 5.41) is 2.84. The second-order valence-electron chi connectivity index (χ2n) is 6.98. The molecule has 0 unspecified atom stereocenters. The van der Waals surface area contributed by atoms with Crippen LogP contribution in [0.3, 0.4) is 0 Å². The number of nitrogens with zero attached hydrogens (tertiary/aromatic N) is 1. The first-order chi connectivity index (χ1) is 12.6. The molecule has 0 saturated heterocycles. The minimum absolute atomic E-state index is 0.195. The normalized spacial score (nSPS) is 11.6. The van der Waals surface area contributed by atoms with Gasteiger partial charge >= 0.3 is 0 Å². The summed E-state index contributed by atoms with van der Waals surface area (Å²) >= 11 is 0. The second-order valence-corrected chi connectivity index (χ2v) is 9.02. The van der Waals surface area contributed by atoms with Crippen molar-refractivity contribution in [2.45, 2.75) is 45.4 Å². The Balaban J connectivity index is 2.11. The Labute approximate surface area is 162 Å². The summed E-state index contributed by atoms with van der Waals surface area (Å²) in [7, 11) is -2.29. The molecule has 1 N–H and O–H groups in total. The number of amides is 1. The maximum atomic E-state index is 12.7. The molecule has 0 heterocycles. The van der Waals surface area contributed by atoms with E-state index >= 15 is 0 Å². The van der Waals surface area contributed by atoms with Crippen molar-refractivity contribution in [1.29, 1.82) is 0 Å². The summed E-state index contributed by atoms with van der Waals surface area (Å²) in [6.07, 6.45) is 1.91. The molecule has 0 radical (unpaired) electrons. The van der Waals surface area contributed by atoms with E-state index in [0.29, 0.717) is 0 Å². The summed E-state index contributed by atoms with van der Waals surface area (Å²) in [6.45, 7) is 7.68. The molecule has 0 saturated carbocycles. The number of aryl methyl sites for hydroxylation is 4. The van der Waals surface area contributed by atoms with Gasteiger partial charge in [-0.2, -0.15) is 4.31 Å². The molecule has 1 amide bonds. The number of hydrogen-bond acceptors (Lipinski definition) is 3. The fraction of sp³-hybridized carbons (Fsp3) is 0.381. The third-order valence-electron chi connectivity index (χ3n) is 4.48. The van der Waals surface area contributed by atoms with E-state index in [2.05, 4.69) is 12.2 Å². The maximum absolute atomic E-state index is 12.7. The second kappa shape index (κ2) is 8.67. The molecule has 2 aromatic carbocycles. The molecular weight excluding hydrogens is 360 g/mol. The van der Waals surface area contributed by atoms with Gasteiger partial charge in [0.25, 0.3) is 0 Å². The summed E-state index contributed by atoms with van der Waals surface area (Å²) in [5.41, 5.74) is 4.87. The average Bonchev–Trinajstić information content (AvgIpc) is 2.58. The van der Waals surface area contributed by atoms with Crippen LogP contribution in [0.15, 0.2) is 41.3 Å². The number of carbonyl (C=O) groups is 1. The van der Waals surface area contributed by atoms with Gasteiger partial charge in [-0.3, -0.25) is 4.79 Å². The third-order valence-corrected chi connectivity index (χ3v) is 6.30. The highest BCUT2D eigenvalue weighted by atomic mass is 32.2. The number of sulfonamides is 1. The Morgan fingerprint density at radius 3 is 2.11 bits per heavy atom. The molecule has 0 aromatic heterocycles. The summed E-state index contributed by atoms with van der Waals surface area (Å²) in [4.78, 5) is 12.6. The maximum Gasteiger partial charge on any atom is 0.243 e. The van der Waals surface area contributed by atoms with E-state index in [4.69, 9.17) is 0 Å². The van der Waals surface area contributed by atoms with Gasteiger partial charge in [-0.25, -0.2) is 8.42 Å². The van der Waals surface area contributed by atoms with E-state index in [-0.39, 0.29) is 17.3 Å². The minimum Gasteiger partial charge on any atom is -0.324 e. The molecule has 6 heteroatoms. The van der Waals surface area contributed by atoms with Crippen LogP contribution >= 0.6 is 0 Å². The van der Waals surface area contributed by atoms with Crippen LogP contribution in [-0.2, 0) is 21.2 Å². The zero-order valence-electron chi connectivity index (χ0n) is 16.7. The van der Waals surface area contributed by atoms with Crippen molar-refractivity contribution in [2.75, 3.05) is 18.9 Å². The number of hydrogen-bond donors (Lipinski definition) is 1. The lowest BCUT2D eigenvalue weighted by Gasteiger charge is -2.18. The molecule has 5 nitrogen and oxygen atoms in total. The number of rotatable bonds is 7. The van der Waals surface area contributed by atoms with Crippen molar-refractivity contribution < 1.29 is 13.2 Å². The van der Waals surface area contributed by atoms with Crippen LogP contribution in [0.4, 0.5) is 5.69 Å².